The minimum Gasteiger partial charge on any atom is -0.335 e. The molecule has 1 aromatic heterocycles. The van der Waals surface area contributed by atoms with E-state index in [0.29, 0.717) is 24.0 Å². The third-order valence-electron chi connectivity index (χ3n) is 6.88. The van der Waals surface area contributed by atoms with Gasteiger partial charge < -0.3 is 10.2 Å². The topological polar surface area (TPSA) is 79.4 Å². The highest BCUT2D eigenvalue weighted by Crippen LogP contribution is 2.37. The summed E-state index contributed by atoms with van der Waals surface area (Å²) >= 11 is 0. The molecule has 2 aromatic rings. The summed E-state index contributed by atoms with van der Waals surface area (Å²) in [5.74, 6) is 0. The summed E-state index contributed by atoms with van der Waals surface area (Å²) in [7, 11) is -3.27. The molecule has 172 valence electrons. The average Bonchev–Trinajstić information content (AvgIpc) is 3.48. The highest BCUT2D eigenvalue weighted by atomic mass is 32.2. The quantitative estimate of drug-likeness (QED) is 0.730. The molecule has 0 saturated heterocycles. The van der Waals surface area contributed by atoms with Crippen LogP contribution in [0.1, 0.15) is 43.4 Å². The molecule has 33 heavy (non-hydrogen) atoms. The van der Waals surface area contributed by atoms with Crippen molar-refractivity contribution in [2.75, 3.05) is 19.3 Å². The van der Waals surface area contributed by atoms with Crippen molar-refractivity contribution < 1.29 is 13.2 Å². The third kappa shape index (κ3) is 4.60. The van der Waals surface area contributed by atoms with Crippen LogP contribution in [0.2, 0.25) is 0 Å². The summed E-state index contributed by atoms with van der Waals surface area (Å²) < 4.78 is 23.9. The predicted octanol–water partition coefficient (Wildman–Crippen LogP) is 4.38. The molecule has 2 heterocycles. The maximum absolute atomic E-state index is 12.6. The highest BCUT2D eigenvalue weighted by Gasteiger charge is 2.25. The van der Waals surface area contributed by atoms with Crippen LogP contribution in [-0.4, -0.2) is 49.7 Å². The maximum Gasteiger partial charge on any atom is 0.317 e. The van der Waals surface area contributed by atoms with E-state index in [1.165, 1.54) is 30.2 Å². The summed E-state index contributed by atoms with van der Waals surface area (Å²) in [6.07, 6.45) is 13.6. The lowest BCUT2D eigenvalue weighted by Gasteiger charge is -2.28. The normalized spacial score (nSPS) is 18.6. The third-order valence-corrected chi connectivity index (χ3v) is 7.99. The van der Waals surface area contributed by atoms with Gasteiger partial charge in [-0.1, -0.05) is 37.1 Å². The van der Waals surface area contributed by atoms with Gasteiger partial charge in [-0.15, -0.1) is 0 Å². The van der Waals surface area contributed by atoms with Crippen molar-refractivity contribution >= 4 is 21.4 Å². The van der Waals surface area contributed by atoms with Gasteiger partial charge in [-0.2, -0.15) is 0 Å². The molecule has 3 aliphatic rings. The van der Waals surface area contributed by atoms with Crippen molar-refractivity contribution in [1.29, 1.82) is 0 Å². The molecule has 1 N–H and O–H groups in total. The number of sulfone groups is 1. The predicted molar refractivity (Wildman–Crippen MR) is 130 cm³/mol. The lowest BCUT2D eigenvalue weighted by atomic mass is 9.94. The number of pyridine rings is 1. The van der Waals surface area contributed by atoms with E-state index >= 15 is 0 Å². The van der Waals surface area contributed by atoms with Crippen molar-refractivity contribution in [3.05, 3.63) is 65.5 Å². The van der Waals surface area contributed by atoms with E-state index < -0.39 is 9.84 Å². The van der Waals surface area contributed by atoms with Crippen LogP contribution >= 0.6 is 0 Å². The van der Waals surface area contributed by atoms with E-state index in [9.17, 15) is 13.2 Å². The fraction of sp³-hybridized carbons (Fsp3) is 0.385. The second-order valence-electron chi connectivity index (χ2n) is 9.20. The molecule has 0 atom stereocenters. The van der Waals surface area contributed by atoms with Gasteiger partial charge in [-0.3, -0.25) is 4.98 Å². The average molecular weight is 464 g/mol. The van der Waals surface area contributed by atoms with Crippen LogP contribution in [0, 0.1) is 0 Å². The van der Waals surface area contributed by atoms with E-state index in [2.05, 4.69) is 28.5 Å². The van der Waals surface area contributed by atoms with E-state index in [-0.39, 0.29) is 6.03 Å². The number of hydrogen-bond donors (Lipinski definition) is 1. The number of carbonyl (C=O) groups is 1. The number of hydrogen-bond acceptors (Lipinski definition) is 4. The SMILES string of the molecule is CS(=O)(=O)c1cccc(-c2cnc3c(c2)C(C2=CCN(C(=O)NC4CCCC4)CC2)=CC3)c1. The Hall–Kier alpha value is -2.93. The van der Waals surface area contributed by atoms with Gasteiger partial charge in [0.05, 0.1) is 10.6 Å². The second kappa shape index (κ2) is 8.78. The highest BCUT2D eigenvalue weighted by molar-refractivity contribution is 7.90. The Labute approximate surface area is 195 Å². The number of rotatable bonds is 4. The number of urea groups is 1. The molecule has 2 aliphatic carbocycles. The van der Waals surface area contributed by atoms with Crippen LogP contribution in [0.15, 0.2) is 59.1 Å². The number of benzene rings is 1. The Morgan fingerprint density at radius 2 is 1.94 bits per heavy atom. The van der Waals surface area contributed by atoms with Gasteiger partial charge in [0.2, 0.25) is 0 Å². The van der Waals surface area contributed by atoms with Crippen molar-refractivity contribution in [3.8, 4) is 11.1 Å². The summed E-state index contributed by atoms with van der Waals surface area (Å²) in [4.78, 5) is 19.5. The number of fused-ring (bicyclic) bond motifs is 1. The summed E-state index contributed by atoms with van der Waals surface area (Å²) in [5.41, 5.74) is 6.33. The number of carbonyl (C=O) groups excluding carboxylic acids is 1. The van der Waals surface area contributed by atoms with E-state index in [4.69, 9.17) is 0 Å². The molecule has 1 fully saturated rings. The Morgan fingerprint density at radius 1 is 1.12 bits per heavy atom. The fourth-order valence-corrected chi connectivity index (χ4v) is 5.67. The van der Waals surface area contributed by atoms with Gasteiger partial charge in [0.1, 0.15) is 0 Å². The molecule has 1 aliphatic heterocycles. The second-order valence-corrected chi connectivity index (χ2v) is 11.2. The van der Waals surface area contributed by atoms with Gasteiger partial charge in [0.25, 0.3) is 0 Å². The first-order valence-electron chi connectivity index (χ1n) is 11.6. The van der Waals surface area contributed by atoms with Crippen molar-refractivity contribution in [2.24, 2.45) is 0 Å². The van der Waals surface area contributed by atoms with Crippen LogP contribution in [0.3, 0.4) is 0 Å². The smallest absolute Gasteiger partial charge is 0.317 e. The van der Waals surface area contributed by atoms with E-state index in [1.54, 1.807) is 18.2 Å². The van der Waals surface area contributed by atoms with E-state index in [1.807, 2.05) is 17.2 Å². The molecule has 6 nitrogen and oxygen atoms in total. The van der Waals surface area contributed by atoms with Crippen LogP contribution in [-0.2, 0) is 16.3 Å². The minimum absolute atomic E-state index is 0.0488. The lowest BCUT2D eigenvalue weighted by Crippen LogP contribution is -2.45. The van der Waals surface area contributed by atoms with E-state index in [0.717, 1.165) is 48.1 Å². The van der Waals surface area contributed by atoms with Crippen LogP contribution < -0.4 is 5.32 Å². The molecule has 7 heteroatoms. The monoisotopic (exact) mass is 463 g/mol. The molecular weight excluding hydrogens is 434 g/mol. The zero-order valence-corrected chi connectivity index (χ0v) is 19.7. The minimum atomic E-state index is -3.27. The first-order valence-corrected chi connectivity index (χ1v) is 13.5. The molecule has 0 spiro atoms. The van der Waals surface area contributed by atoms with Crippen molar-refractivity contribution in [2.45, 2.75) is 49.5 Å². The van der Waals surface area contributed by atoms with Gasteiger partial charge in [0, 0.05) is 49.1 Å². The number of aromatic nitrogens is 1. The number of amides is 2. The summed E-state index contributed by atoms with van der Waals surface area (Å²) in [6.45, 7) is 1.32. The van der Waals surface area contributed by atoms with Gasteiger partial charge in [0.15, 0.2) is 9.84 Å². The fourth-order valence-electron chi connectivity index (χ4n) is 5.00. The molecule has 0 unspecified atom stereocenters. The molecule has 5 rings (SSSR count). The first-order chi connectivity index (χ1) is 15.9. The largest absolute Gasteiger partial charge is 0.335 e. The van der Waals surface area contributed by atoms with Crippen LogP contribution in [0.5, 0.6) is 0 Å². The van der Waals surface area contributed by atoms with Gasteiger partial charge >= 0.3 is 6.03 Å². The van der Waals surface area contributed by atoms with Gasteiger partial charge in [-0.25, -0.2) is 13.2 Å². The Bertz CT molecular complexity index is 1260. The number of allylic oxidation sites excluding steroid dienone is 2. The molecule has 0 radical (unpaired) electrons. The lowest BCUT2D eigenvalue weighted by molar-refractivity contribution is 0.198. The van der Waals surface area contributed by atoms with Crippen LogP contribution in [0.25, 0.3) is 16.7 Å². The maximum atomic E-state index is 12.6. The number of nitrogens with zero attached hydrogens (tertiary/aromatic N) is 2. The first kappa shape index (κ1) is 21.9. The Morgan fingerprint density at radius 3 is 2.67 bits per heavy atom. The number of nitrogens with one attached hydrogen (secondary N) is 1. The van der Waals surface area contributed by atoms with Crippen LogP contribution in [0.4, 0.5) is 4.79 Å². The standard InChI is InChI=1S/C26H29N3O3S/c1-33(31,32)22-8-4-5-19(15-22)20-16-24-23(9-10-25(24)27-17-20)18-11-13-29(14-12-18)26(30)28-21-6-2-3-7-21/h4-5,8-9,11,15-17,21H,2-3,6-7,10,12-14H2,1H3,(H,28,30). The van der Waals surface area contributed by atoms with Crippen molar-refractivity contribution in [1.82, 2.24) is 15.2 Å². The molecule has 2 amide bonds. The zero-order valence-electron chi connectivity index (χ0n) is 18.9. The molecule has 0 bridgehead atoms. The van der Waals surface area contributed by atoms with Crippen molar-refractivity contribution in [3.63, 3.8) is 0 Å². The van der Waals surface area contributed by atoms with Gasteiger partial charge in [-0.05, 0) is 54.2 Å². The summed E-state index contributed by atoms with van der Waals surface area (Å²) in [6, 6.07) is 9.50. The Balaban J connectivity index is 1.34. The molecular formula is C26H29N3O3S. The Kier molecular flexibility index (Phi) is 5.83. The summed E-state index contributed by atoms with van der Waals surface area (Å²) in [5, 5.41) is 3.18. The molecule has 1 aromatic carbocycles. The zero-order chi connectivity index (χ0) is 23.0. The molecule has 1 saturated carbocycles.